The first-order valence-corrected chi connectivity index (χ1v) is 4.64. The van der Waals surface area contributed by atoms with Crippen molar-refractivity contribution in [1.29, 1.82) is 0 Å². The number of aliphatic hydroxyl groups excluding tert-OH is 1. The number of nitrogens with two attached hydrogens (primary N) is 1. The molecule has 1 saturated carbocycles. The van der Waals surface area contributed by atoms with E-state index in [1.165, 1.54) is 12.8 Å². The van der Waals surface area contributed by atoms with E-state index in [2.05, 4.69) is 0 Å². The predicted octanol–water partition coefficient (Wildman–Crippen LogP) is 0.842. The van der Waals surface area contributed by atoms with E-state index in [4.69, 9.17) is 5.50 Å². The topological polar surface area (TPSA) is 46.2 Å². The van der Waals surface area contributed by atoms with Crippen LogP contribution in [0.15, 0.2) is 0 Å². The normalized spacial score (nSPS) is 38.0. The van der Waals surface area contributed by atoms with Gasteiger partial charge in [-0.1, -0.05) is 21.6 Å². The van der Waals surface area contributed by atoms with E-state index < -0.39 is 0 Å². The molecule has 1 aliphatic rings. The highest BCUT2D eigenvalue weighted by molar-refractivity contribution is 7.36. The third-order valence-corrected chi connectivity index (χ3v) is 3.05. The fraction of sp³-hybridized carbons (Fsp3) is 1.00. The molecule has 0 aliphatic heterocycles. The van der Waals surface area contributed by atoms with Crippen LogP contribution in [0.2, 0.25) is 0 Å². The van der Waals surface area contributed by atoms with Crippen molar-refractivity contribution in [3.8, 4) is 0 Å². The monoisotopic (exact) mass is 147 g/mol. The van der Waals surface area contributed by atoms with Gasteiger partial charge in [-0.2, -0.15) is 0 Å². The summed E-state index contributed by atoms with van der Waals surface area (Å²) in [6, 6.07) is 0. The Hall–Kier alpha value is 0.350. The first-order chi connectivity index (χ1) is 4.34. The van der Waals surface area contributed by atoms with E-state index in [1.54, 1.807) is 0 Å². The maximum absolute atomic E-state index is 9.30. The van der Waals surface area contributed by atoms with Crippen LogP contribution in [0.25, 0.3) is 0 Å². The summed E-state index contributed by atoms with van der Waals surface area (Å²) in [6.07, 6.45) is 4.45. The Kier molecular flexibility index (Phi) is 2.90. The van der Waals surface area contributed by atoms with Crippen LogP contribution < -0.4 is 5.50 Å². The molecule has 1 fully saturated rings. The SMILES string of the molecule is NPC1CCCCC1O. The zero-order chi connectivity index (χ0) is 6.69. The van der Waals surface area contributed by atoms with Gasteiger partial charge in [0, 0.05) is 5.66 Å². The molecule has 3 N–H and O–H groups in total. The molecule has 0 aromatic rings. The minimum absolute atomic E-state index is 0.0953. The molecule has 0 aromatic carbocycles. The van der Waals surface area contributed by atoms with Gasteiger partial charge in [-0.3, -0.25) is 0 Å². The second kappa shape index (κ2) is 3.50. The minimum atomic E-state index is -0.0953. The lowest BCUT2D eigenvalue weighted by Crippen LogP contribution is -2.26. The van der Waals surface area contributed by atoms with Crippen LogP contribution in [-0.4, -0.2) is 16.9 Å². The standard InChI is InChI=1S/C6H14NOP/c7-9-6-4-2-1-3-5(6)8/h5-6,8-9H,1-4,7H2. The predicted molar refractivity (Wildman–Crippen MR) is 40.8 cm³/mol. The van der Waals surface area contributed by atoms with Gasteiger partial charge < -0.3 is 10.6 Å². The van der Waals surface area contributed by atoms with Gasteiger partial charge in [0.15, 0.2) is 0 Å². The number of hydrogen-bond donors (Lipinski definition) is 2. The second-order valence-corrected chi connectivity index (χ2v) is 3.70. The Labute approximate surface area is 57.7 Å². The molecule has 0 bridgehead atoms. The highest BCUT2D eigenvalue weighted by Crippen LogP contribution is 2.28. The molecule has 0 radical (unpaired) electrons. The largest absolute Gasteiger partial charge is 0.392 e. The van der Waals surface area contributed by atoms with Crippen molar-refractivity contribution >= 4 is 8.73 Å². The summed E-state index contributed by atoms with van der Waals surface area (Å²) in [7, 11) is 0.437. The molecule has 3 unspecified atom stereocenters. The van der Waals surface area contributed by atoms with Crippen LogP contribution >= 0.6 is 8.73 Å². The zero-order valence-electron chi connectivity index (χ0n) is 5.51. The average Bonchev–Trinajstić information content (AvgIpc) is 1.89. The van der Waals surface area contributed by atoms with Crippen LogP contribution in [-0.2, 0) is 0 Å². The number of hydrogen-bond acceptors (Lipinski definition) is 2. The summed E-state index contributed by atoms with van der Waals surface area (Å²) in [4.78, 5) is 0. The van der Waals surface area contributed by atoms with Crippen LogP contribution in [0.5, 0.6) is 0 Å². The van der Waals surface area contributed by atoms with E-state index >= 15 is 0 Å². The fourth-order valence-corrected chi connectivity index (χ4v) is 2.07. The van der Waals surface area contributed by atoms with Crippen LogP contribution in [0.4, 0.5) is 0 Å². The zero-order valence-corrected chi connectivity index (χ0v) is 6.51. The van der Waals surface area contributed by atoms with Crippen LogP contribution in [0, 0.1) is 0 Å². The fourth-order valence-electron chi connectivity index (χ4n) is 1.31. The summed E-state index contributed by atoms with van der Waals surface area (Å²) in [5.41, 5.74) is 5.88. The lowest BCUT2D eigenvalue weighted by molar-refractivity contribution is 0.136. The molecule has 9 heavy (non-hydrogen) atoms. The van der Waals surface area contributed by atoms with Gasteiger partial charge in [-0.25, -0.2) is 0 Å². The molecular weight excluding hydrogens is 133 g/mol. The summed E-state index contributed by atoms with van der Waals surface area (Å²) >= 11 is 0. The Bertz CT molecular complexity index is 89.1. The summed E-state index contributed by atoms with van der Waals surface area (Å²) in [5, 5.41) is 9.30. The average molecular weight is 147 g/mol. The van der Waals surface area contributed by atoms with Crippen molar-refractivity contribution in [2.45, 2.75) is 37.4 Å². The molecule has 3 atom stereocenters. The quantitative estimate of drug-likeness (QED) is 0.540. The third-order valence-electron chi connectivity index (χ3n) is 1.94. The minimum Gasteiger partial charge on any atom is -0.392 e. The number of rotatable bonds is 1. The van der Waals surface area contributed by atoms with E-state index in [9.17, 15) is 5.11 Å². The van der Waals surface area contributed by atoms with Crippen molar-refractivity contribution in [2.75, 3.05) is 0 Å². The van der Waals surface area contributed by atoms with E-state index in [1.807, 2.05) is 0 Å². The molecule has 0 saturated heterocycles. The highest BCUT2D eigenvalue weighted by atomic mass is 31.1. The molecular formula is C6H14NOP. The Morgan fingerprint density at radius 1 is 1.33 bits per heavy atom. The van der Waals surface area contributed by atoms with Gasteiger partial charge in [0.2, 0.25) is 0 Å². The van der Waals surface area contributed by atoms with Crippen molar-refractivity contribution in [3.05, 3.63) is 0 Å². The lowest BCUT2D eigenvalue weighted by Gasteiger charge is -2.25. The van der Waals surface area contributed by atoms with Gasteiger partial charge in [-0.15, -0.1) is 0 Å². The molecule has 3 heteroatoms. The smallest absolute Gasteiger partial charge is 0.0616 e. The first-order valence-electron chi connectivity index (χ1n) is 3.49. The Morgan fingerprint density at radius 3 is 2.44 bits per heavy atom. The molecule has 0 heterocycles. The van der Waals surface area contributed by atoms with Gasteiger partial charge in [0.25, 0.3) is 0 Å². The van der Waals surface area contributed by atoms with Gasteiger partial charge in [0.05, 0.1) is 6.10 Å². The Balaban J connectivity index is 2.30. The lowest BCUT2D eigenvalue weighted by atomic mass is 9.97. The molecule has 54 valence electrons. The third kappa shape index (κ3) is 1.89. The summed E-state index contributed by atoms with van der Waals surface area (Å²) in [6.45, 7) is 0. The van der Waals surface area contributed by atoms with E-state index in [-0.39, 0.29) is 6.10 Å². The van der Waals surface area contributed by atoms with Crippen LogP contribution in [0.3, 0.4) is 0 Å². The molecule has 0 amide bonds. The van der Waals surface area contributed by atoms with Crippen molar-refractivity contribution in [2.24, 2.45) is 5.50 Å². The van der Waals surface area contributed by atoms with Crippen LogP contribution in [0.1, 0.15) is 25.7 Å². The second-order valence-electron chi connectivity index (χ2n) is 2.62. The molecule has 0 aromatic heterocycles. The van der Waals surface area contributed by atoms with Crippen molar-refractivity contribution in [1.82, 2.24) is 0 Å². The molecule has 2 nitrogen and oxygen atoms in total. The summed E-state index contributed by atoms with van der Waals surface area (Å²) in [5.74, 6) is 0. The highest BCUT2D eigenvalue weighted by Gasteiger charge is 2.20. The number of aliphatic hydroxyl groups is 1. The van der Waals surface area contributed by atoms with Gasteiger partial charge >= 0.3 is 0 Å². The first kappa shape index (κ1) is 7.46. The van der Waals surface area contributed by atoms with Gasteiger partial charge in [-0.05, 0) is 12.8 Å². The molecule has 1 aliphatic carbocycles. The summed E-state index contributed by atoms with van der Waals surface area (Å²) < 4.78 is 0. The van der Waals surface area contributed by atoms with E-state index in [0.717, 1.165) is 12.8 Å². The van der Waals surface area contributed by atoms with E-state index in [0.29, 0.717) is 14.4 Å². The molecule has 0 spiro atoms. The van der Waals surface area contributed by atoms with Crippen molar-refractivity contribution in [3.63, 3.8) is 0 Å². The maximum Gasteiger partial charge on any atom is 0.0616 e. The molecule has 1 rings (SSSR count). The van der Waals surface area contributed by atoms with Crippen molar-refractivity contribution < 1.29 is 5.11 Å². The van der Waals surface area contributed by atoms with Gasteiger partial charge in [0.1, 0.15) is 0 Å². The Morgan fingerprint density at radius 2 is 2.00 bits per heavy atom. The maximum atomic E-state index is 9.30.